The predicted molar refractivity (Wildman–Crippen MR) is 79.8 cm³/mol. The lowest BCUT2D eigenvalue weighted by Crippen LogP contribution is -2.44. The Morgan fingerprint density at radius 1 is 1.20 bits per heavy atom. The van der Waals surface area contributed by atoms with Gasteiger partial charge in [0.25, 0.3) is 0 Å². The molecule has 1 fully saturated rings. The van der Waals surface area contributed by atoms with Crippen LogP contribution in [-0.2, 0) is 6.54 Å². The quantitative estimate of drug-likeness (QED) is 0.766. The summed E-state index contributed by atoms with van der Waals surface area (Å²) in [6.45, 7) is 6.79. The third-order valence-electron chi connectivity index (χ3n) is 3.64. The Hall–Kier alpha value is -1.58. The minimum absolute atomic E-state index is 0.204. The summed E-state index contributed by atoms with van der Waals surface area (Å²) >= 11 is 6.19. The van der Waals surface area contributed by atoms with Gasteiger partial charge >= 0.3 is 0 Å². The van der Waals surface area contributed by atoms with Crippen LogP contribution in [0, 0.1) is 0 Å². The standard InChI is InChI=1S/C16H16ClFN2/c1-12-8-14-11-19(6-7-20(14)16(18)9-12)10-13-4-2-3-5-15(13)17/h2-5,8-9H,1,6-7,10-11H2. The first kappa shape index (κ1) is 13.4. The molecule has 1 aromatic rings. The van der Waals surface area contributed by atoms with Crippen molar-refractivity contribution in [1.29, 1.82) is 0 Å². The van der Waals surface area contributed by atoms with Crippen molar-refractivity contribution in [3.05, 3.63) is 70.8 Å². The van der Waals surface area contributed by atoms with E-state index in [2.05, 4.69) is 11.5 Å². The number of nitrogens with zero attached hydrogens (tertiary/aromatic N) is 2. The van der Waals surface area contributed by atoms with Gasteiger partial charge in [-0.2, -0.15) is 4.39 Å². The molecule has 0 radical (unpaired) electrons. The van der Waals surface area contributed by atoms with Crippen LogP contribution in [-0.4, -0.2) is 29.4 Å². The Bertz CT molecular complexity index is 606. The van der Waals surface area contributed by atoms with Crippen molar-refractivity contribution >= 4 is 11.6 Å². The smallest absolute Gasteiger partial charge is 0.194 e. The highest BCUT2D eigenvalue weighted by molar-refractivity contribution is 6.31. The van der Waals surface area contributed by atoms with Crippen molar-refractivity contribution < 1.29 is 4.39 Å². The van der Waals surface area contributed by atoms with E-state index >= 15 is 0 Å². The molecule has 0 N–H and O–H groups in total. The SMILES string of the molecule is C=C1C=C(F)N2CCN(Cc3ccccc3Cl)CC2=C1. The third kappa shape index (κ3) is 2.65. The van der Waals surface area contributed by atoms with Gasteiger partial charge in [-0.3, -0.25) is 4.90 Å². The summed E-state index contributed by atoms with van der Waals surface area (Å²) in [5.41, 5.74) is 2.79. The van der Waals surface area contributed by atoms with E-state index in [-0.39, 0.29) is 5.95 Å². The lowest BCUT2D eigenvalue weighted by molar-refractivity contribution is 0.171. The van der Waals surface area contributed by atoms with E-state index in [1.807, 2.05) is 30.3 Å². The number of halogens is 2. The van der Waals surface area contributed by atoms with Crippen LogP contribution in [0.5, 0.6) is 0 Å². The monoisotopic (exact) mass is 290 g/mol. The second-order valence-corrected chi connectivity index (χ2v) is 5.54. The first-order valence-electron chi connectivity index (χ1n) is 6.63. The summed E-state index contributed by atoms with van der Waals surface area (Å²) < 4.78 is 13.8. The van der Waals surface area contributed by atoms with Gasteiger partial charge in [-0.05, 0) is 29.4 Å². The fourth-order valence-corrected chi connectivity index (χ4v) is 2.83. The Morgan fingerprint density at radius 2 is 2.00 bits per heavy atom. The number of hydrogen-bond acceptors (Lipinski definition) is 2. The summed E-state index contributed by atoms with van der Waals surface area (Å²) in [5, 5.41) is 0.781. The highest BCUT2D eigenvalue weighted by atomic mass is 35.5. The number of rotatable bonds is 2. The van der Waals surface area contributed by atoms with Crippen LogP contribution in [0.1, 0.15) is 5.56 Å². The molecule has 1 saturated heterocycles. The third-order valence-corrected chi connectivity index (χ3v) is 4.01. The topological polar surface area (TPSA) is 6.48 Å². The maximum Gasteiger partial charge on any atom is 0.194 e. The average Bonchev–Trinajstić information content (AvgIpc) is 2.41. The normalized spacial score (nSPS) is 19.5. The fraction of sp³-hybridized carbons (Fsp3) is 0.250. The summed E-state index contributed by atoms with van der Waals surface area (Å²) in [5.74, 6) is -0.204. The minimum atomic E-state index is -0.204. The molecule has 0 atom stereocenters. The largest absolute Gasteiger partial charge is 0.319 e. The highest BCUT2D eigenvalue weighted by Crippen LogP contribution is 2.27. The first-order chi connectivity index (χ1) is 9.63. The molecule has 104 valence electrons. The van der Waals surface area contributed by atoms with E-state index in [0.717, 1.165) is 29.4 Å². The van der Waals surface area contributed by atoms with E-state index < -0.39 is 0 Å². The maximum atomic E-state index is 13.8. The van der Waals surface area contributed by atoms with Crippen molar-refractivity contribution in [2.45, 2.75) is 6.54 Å². The molecule has 0 aromatic heterocycles. The van der Waals surface area contributed by atoms with E-state index in [4.69, 9.17) is 11.6 Å². The molecule has 0 saturated carbocycles. The second kappa shape index (κ2) is 5.43. The van der Waals surface area contributed by atoms with E-state index in [1.54, 1.807) is 4.90 Å². The van der Waals surface area contributed by atoms with Crippen LogP contribution in [0.15, 0.2) is 60.2 Å². The number of hydrogen-bond donors (Lipinski definition) is 0. The van der Waals surface area contributed by atoms with Gasteiger partial charge in [-0.15, -0.1) is 0 Å². The minimum Gasteiger partial charge on any atom is -0.319 e. The lowest BCUT2D eigenvalue weighted by atomic mass is 10.1. The molecular formula is C16H16ClFN2. The second-order valence-electron chi connectivity index (χ2n) is 5.13. The number of piperazine rings is 1. The van der Waals surface area contributed by atoms with Crippen molar-refractivity contribution in [1.82, 2.24) is 9.80 Å². The Morgan fingerprint density at radius 3 is 2.80 bits per heavy atom. The van der Waals surface area contributed by atoms with Crippen molar-refractivity contribution in [2.24, 2.45) is 0 Å². The van der Waals surface area contributed by atoms with Crippen LogP contribution >= 0.6 is 11.6 Å². The zero-order valence-electron chi connectivity index (χ0n) is 11.1. The Labute approximate surface area is 123 Å². The highest BCUT2D eigenvalue weighted by Gasteiger charge is 2.26. The molecule has 0 spiro atoms. The van der Waals surface area contributed by atoms with Gasteiger partial charge < -0.3 is 4.90 Å². The number of fused-ring (bicyclic) bond motifs is 1. The van der Waals surface area contributed by atoms with E-state index in [0.29, 0.717) is 18.7 Å². The lowest BCUT2D eigenvalue weighted by Gasteiger charge is -2.38. The summed E-state index contributed by atoms with van der Waals surface area (Å²) in [6.07, 6.45) is 3.43. The van der Waals surface area contributed by atoms with Gasteiger partial charge in [0.05, 0.1) is 0 Å². The summed E-state index contributed by atoms with van der Waals surface area (Å²) in [7, 11) is 0. The molecule has 2 aliphatic heterocycles. The molecule has 0 amide bonds. The molecule has 20 heavy (non-hydrogen) atoms. The van der Waals surface area contributed by atoms with Crippen LogP contribution < -0.4 is 0 Å². The van der Waals surface area contributed by atoms with Gasteiger partial charge in [0.2, 0.25) is 0 Å². The van der Waals surface area contributed by atoms with Gasteiger partial charge in [0.15, 0.2) is 5.95 Å². The average molecular weight is 291 g/mol. The molecule has 2 aliphatic rings. The molecule has 0 bridgehead atoms. The van der Waals surface area contributed by atoms with Gasteiger partial charge in [-0.25, -0.2) is 0 Å². The zero-order valence-corrected chi connectivity index (χ0v) is 11.9. The molecule has 2 nitrogen and oxygen atoms in total. The summed E-state index contributed by atoms with van der Waals surface area (Å²) in [6, 6.07) is 7.85. The summed E-state index contributed by atoms with van der Waals surface area (Å²) in [4.78, 5) is 3.99. The Balaban J connectivity index is 1.73. The van der Waals surface area contributed by atoms with Crippen LogP contribution in [0.25, 0.3) is 0 Å². The Kier molecular flexibility index (Phi) is 3.64. The van der Waals surface area contributed by atoms with Crippen LogP contribution in [0.4, 0.5) is 4.39 Å². The molecule has 3 rings (SSSR count). The molecule has 0 unspecified atom stereocenters. The van der Waals surface area contributed by atoms with Crippen molar-refractivity contribution in [2.75, 3.05) is 19.6 Å². The first-order valence-corrected chi connectivity index (χ1v) is 7.01. The van der Waals surface area contributed by atoms with Gasteiger partial charge in [0.1, 0.15) is 0 Å². The number of allylic oxidation sites excluding steroid dienone is 3. The zero-order chi connectivity index (χ0) is 14.1. The molecule has 2 heterocycles. The molecule has 0 aliphatic carbocycles. The predicted octanol–water partition coefficient (Wildman–Crippen LogP) is 3.72. The number of benzene rings is 1. The maximum absolute atomic E-state index is 13.8. The van der Waals surface area contributed by atoms with Gasteiger partial charge in [-0.1, -0.05) is 36.4 Å². The van der Waals surface area contributed by atoms with E-state index in [1.165, 1.54) is 6.08 Å². The van der Waals surface area contributed by atoms with Crippen LogP contribution in [0.2, 0.25) is 5.02 Å². The van der Waals surface area contributed by atoms with Gasteiger partial charge in [0, 0.05) is 36.9 Å². The molecular weight excluding hydrogens is 275 g/mol. The van der Waals surface area contributed by atoms with Crippen molar-refractivity contribution in [3.63, 3.8) is 0 Å². The fourth-order valence-electron chi connectivity index (χ4n) is 2.64. The van der Waals surface area contributed by atoms with Crippen molar-refractivity contribution in [3.8, 4) is 0 Å². The molecule has 4 heteroatoms. The molecule has 1 aromatic carbocycles. The van der Waals surface area contributed by atoms with E-state index in [9.17, 15) is 4.39 Å². The van der Waals surface area contributed by atoms with Crippen LogP contribution in [0.3, 0.4) is 0 Å².